The molecule has 1 aromatic carbocycles. The number of hydrogen-bond donors (Lipinski definition) is 2. The number of nitrogens with zero attached hydrogens (tertiary/aromatic N) is 7. The lowest BCUT2D eigenvalue weighted by atomic mass is 9.75. The molecule has 0 bridgehead atoms. The summed E-state index contributed by atoms with van der Waals surface area (Å²) in [5.41, 5.74) is 3.76. The zero-order valence-electron chi connectivity index (χ0n) is 32.9. The van der Waals surface area contributed by atoms with Crippen LogP contribution < -0.4 is 26.0 Å². The quantitative estimate of drug-likeness (QED) is 0.152. The molecule has 1 atom stereocenters. The van der Waals surface area contributed by atoms with Gasteiger partial charge in [0, 0.05) is 69.0 Å². The van der Waals surface area contributed by atoms with Crippen LogP contribution in [-0.2, 0) is 15.0 Å². The van der Waals surface area contributed by atoms with Crippen LogP contribution in [0.2, 0.25) is 0 Å². The van der Waals surface area contributed by atoms with Gasteiger partial charge in [-0.2, -0.15) is 4.98 Å². The second-order valence-corrected chi connectivity index (χ2v) is 16.4. The molecule has 6 heterocycles. The Bertz CT molecular complexity index is 2160. The topological polar surface area (TPSA) is 146 Å². The monoisotopic (exact) mass is 759 g/mol. The van der Waals surface area contributed by atoms with E-state index in [1.807, 2.05) is 19.2 Å². The smallest absolute Gasteiger partial charge is 0.263 e. The van der Waals surface area contributed by atoms with Crippen LogP contribution in [0.5, 0.6) is 0 Å². The van der Waals surface area contributed by atoms with Crippen LogP contribution in [0.15, 0.2) is 53.6 Å². The number of hydrogen-bond acceptors (Lipinski definition) is 11. The molecule has 1 saturated carbocycles. The summed E-state index contributed by atoms with van der Waals surface area (Å²) in [6, 6.07) is 12.4. The van der Waals surface area contributed by atoms with Gasteiger partial charge in [-0.05, 0) is 107 Å². The number of rotatable bonds is 10. The first-order chi connectivity index (χ1) is 27.1. The Labute approximate surface area is 327 Å². The molecule has 1 aliphatic carbocycles. The van der Waals surface area contributed by atoms with Gasteiger partial charge < -0.3 is 15.1 Å². The van der Waals surface area contributed by atoms with Crippen molar-refractivity contribution in [3.8, 4) is 0 Å². The Hall–Kier alpha value is -5.17. The van der Waals surface area contributed by atoms with Gasteiger partial charge in [0.05, 0.1) is 22.9 Å². The number of pyridine rings is 2. The van der Waals surface area contributed by atoms with Crippen molar-refractivity contribution < 1.29 is 14.4 Å². The van der Waals surface area contributed by atoms with Gasteiger partial charge in [0.2, 0.25) is 17.8 Å². The molecule has 3 aliphatic heterocycles. The van der Waals surface area contributed by atoms with Gasteiger partial charge in [-0.1, -0.05) is 25.0 Å². The Morgan fingerprint density at radius 2 is 1.57 bits per heavy atom. The van der Waals surface area contributed by atoms with E-state index in [9.17, 15) is 19.2 Å². The Morgan fingerprint density at radius 3 is 2.23 bits per heavy atom. The van der Waals surface area contributed by atoms with Crippen LogP contribution in [0.4, 0.5) is 23.1 Å². The molecule has 2 amide bonds. The second kappa shape index (κ2) is 15.8. The first-order valence-electron chi connectivity index (χ1n) is 20.4. The van der Waals surface area contributed by atoms with E-state index in [0.717, 1.165) is 94.1 Å². The van der Waals surface area contributed by atoms with Gasteiger partial charge in [-0.3, -0.25) is 34.0 Å². The van der Waals surface area contributed by atoms with Crippen molar-refractivity contribution in [1.82, 2.24) is 29.7 Å². The summed E-state index contributed by atoms with van der Waals surface area (Å²) >= 11 is 0. The molecule has 13 heteroatoms. The predicted molar refractivity (Wildman–Crippen MR) is 218 cm³/mol. The number of ketones is 1. The van der Waals surface area contributed by atoms with Crippen molar-refractivity contribution >= 4 is 51.8 Å². The molecule has 3 saturated heterocycles. The zero-order valence-corrected chi connectivity index (χ0v) is 32.9. The summed E-state index contributed by atoms with van der Waals surface area (Å²) in [7, 11) is 0. The summed E-state index contributed by atoms with van der Waals surface area (Å²) in [5, 5.41) is 6.47. The average molecular weight is 760 g/mol. The minimum atomic E-state index is -0.659. The van der Waals surface area contributed by atoms with Gasteiger partial charge >= 0.3 is 0 Å². The van der Waals surface area contributed by atoms with Crippen molar-refractivity contribution in [2.24, 2.45) is 5.92 Å². The molecule has 8 rings (SSSR count). The molecule has 13 nitrogen and oxygen atoms in total. The van der Waals surface area contributed by atoms with E-state index < -0.39 is 5.41 Å². The maximum absolute atomic E-state index is 13.6. The largest absolute Gasteiger partial charge is 0.372 e. The van der Waals surface area contributed by atoms with Gasteiger partial charge in [-0.25, -0.2) is 9.97 Å². The third-order valence-corrected chi connectivity index (χ3v) is 12.9. The molecular weight excluding hydrogens is 707 g/mol. The summed E-state index contributed by atoms with van der Waals surface area (Å²) in [5.74, 6) is 1.10. The normalized spacial score (nSPS) is 21.5. The third kappa shape index (κ3) is 7.53. The maximum Gasteiger partial charge on any atom is 0.263 e. The molecule has 4 aliphatic rings. The number of anilines is 4. The number of Topliss-reactive ketones (excluding diaryl/α,β-unsaturated/α-hetero) is 1. The Morgan fingerprint density at radius 1 is 0.875 bits per heavy atom. The van der Waals surface area contributed by atoms with E-state index in [-0.39, 0.29) is 34.8 Å². The predicted octanol–water partition coefficient (Wildman–Crippen LogP) is 5.68. The van der Waals surface area contributed by atoms with Crippen LogP contribution in [0.3, 0.4) is 0 Å². The van der Waals surface area contributed by atoms with E-state index in [0.29, 0.717) is 35.8 Å². The number of amides is 2. The number of piperazine rings is 1. The number of aryl methyl sites for hydroxylation is 1. The number of carbonyl (C=O) groups excluding carboxylic acids is 3. The standard InChI is InChI=1S/C43H53N9O4/c1-28-35-27-45-42(48-39(35)52(33-6-4-5-7-33)40(55)38(28)29(2)53)46-36-13-12-34(26-44-36)51-24-22-49(23-25-51)19-15-30-16-20-50(21-17-30)32-10-8-31(9-11-32)43(3)18-14-37(54)47-41(43)56/h8-13,26-27,30,33H,4-7,14-25H2,1-3H3,(H,47,54,56)(H,44,45,46,48). The number of aromatic nitrogens is 4. The fraction of sp³-hybridized carbons (Fsp3) is 0.512. The van der Waals surface area contributed by atoms with Crippen LogP contribution >= 0.6 is 0 Å². The number of fused-ring (bicyclic) bond motifs is 1. The lowest BCUT2D eigenvalue weighted by molar-refractivity contribution is -0.137. The van der Waals surface area contributed by atoms with E-state index in [1.54, 1.807) is 17.7 Å². The van der Waals surface area contributed by atoms with E-state index >= 15 is 0 Å². The number of piperidine rings is 2. The van der Waals surface area contributed by atoms with Crippen molar-refractivity contribution in [2.75, 3.05) is 60.9 Å². The molecule has 2 N–H and O–H groups in total. The van der Waals surface area contributed by atoms with E-state index in [2.05, 4.69) is 65.6 Å². The lowest BCUT2D eigenvalue weighted by Crippen LogP contribution is -2.49. The van der Waals surface area contributed by atoms with Crippen LogP contribution in [-0.4, -0.2) is 87.8 Å². The molecule has 1 unspecified atom stereocenters. The minimum absolute atomic E-state index is 0.0262. The van der Waals surface area contributed by atoms with Gasteiger partial charge in [-0.15, -0.1) is 0 Å². The molecule has 56 heavy (non-hydrogen) atoms. The second-order valence-electron chi connectivity index (χ2n) is 16.4. The number of carbonyl (C=O) groups is 3. The highest BCUT2D eigenvalue weighted by atomic mass is 16.2. The minimum Gasteiger partial charge on any atom is -0.372 e. The van der Waals surface area contributed by atoms with E-state index in [4.69, 9.17) is 4.98 Å². The van der Waals surface area contributed by atoms with Crippen molar-refractivity contribution in [1.29, 1.82) is 0 Å². The SMILES string of the molecule is CC(=O)c1c(C)c2cnc(Nc3ccc(N4CCN(CCC5CCN(c6ccc(C7(C)CCC(=O)NC7=O)cc6)CC5)CC4)cn3)nc2n(C2CCCC2)c1=O. The fourth-order valence-corrected chi connectivity index (χ4v) is 9.26. The van der Waals surface area contributed by atoms with Crippen molar-refractivity contribution in [3.63, 3.8) is 0 Å². The molecule has 4 aromatic rings. The zero-order chi connectivity index (χ0) is 39.0. The van der Waals surface area contributed by atoms with E-state index in [1.165, 1.54) is 31.9 Å². The Balaban J connectivity index is 0.809. The first kappa shape index (κ1) is 37.7. The van der Waals surface area contributed by atoms with Crippen LogP contribution in [0.25, 0.3) is 11.0 Å². The number of imide groups is 1. The van der Waals surface area contributed by atoms with Gasteiger partial charge in [0.15, 0.2) is 5.78 Å². The molecule has 3 aromatic heterocycles. The van der Waals surface area contributed by atoms with Crippen molar-refractivity contribution in [2.45, 2.75) is 90.0 Å². The number of benzene rings is 1. The summed E-state index contributed by atoms with van der Waals surface area (Å²) in [4.78, 5) is 71.8. The van der Waals surface area contributed by atoms with Gasteiger partial charge in [0.1, 0.15) is 11.5 Å². The molecule has 294 valence electrons. The third-order valence-electron chi connectivity index (χ3n) is 12.9. The molecule has 4 fully saturated rings. The van der Waals surface area contributed by atoms with Crippen LogP contribution in [0.1, 0.15) is 99.2 Å². The highest BCUT2D eigenvalue weighted by Crippen LogP contribution is 2.35. The summed E-state index contributed by atoms with van der Waals surface area (Å²) in [6.07, 6.45) is 12.0. The Kier molecular flexibility index (Phi) is 10.6. The molecular formula is C43H53N9O4. The number of nitrogens with one attached hydrogen (secondary N) is 2. The maximum atomic E-state index is 13.6. The van der Waals surface area contributed by atoms with Crippen molar-refractivity contribution in [3.05, 3.63) is 75.8 Å². The first-order valence-corrected chi connectivity index (χ1v) is 20.4. The average Bonchev–Trinajstić information content (AvgIpc) is 3.74. The molecule has 0 radical (unpaired) electrons. The summed E-state index contributed by atoms with van der Waals surface area (Å²) < 4.78 is 1.73. The van der Waals surface area contributed by atoms with Gasteiger partial charge in [0.25, 0.3) is 5.56 Å². The highest BCUT2D eigenvalue weighted by Gasteiger charge is 2.40. The van der Waals surface area contributed by atoms with Crippen LogP contribution in [0, 0.1) is 12.8 Å². The highest BCUT2D eigenvalue weighted by molar-refractivity contribution is 6.03. The summed E-state index contributed by atoms with van der Waals surface area (Å²) in [6.45, 7) is 12.3. The lowest BCUT2D eigenvalue weighted by Gasteiger charge is -2.38. The molecule has 0 spiro atoms. The fourth-order valence-electron chi connectivity index (χ4n) is 9.26.